The second-order valence-corrected chi connectivity index (χ2v) is 7.35. The van der Waals surface area contributed by atoms with E-state index in [9.17, 15) is 4.79 Å². The molecule has 4 heteroatoms. The van der Waals surface area contributed by atoms with Crippen LogP contribution in [-0.4, -0.2) is 17.2 Å². The lowest BCUT2D eigenvalue weighted by atomic mass is 9.85. The minimum absolute atomic E-state index is 0.111. The Bertz CT molecular complexity index is 901. The van der Waals surface area contributed by atoms with Crippen LogP contribution in [0.2, 0.25) is 0 Å². The van der Waals surface area contributed by atoms with Crippen LogP contribution >= 0.6 is 11.8 Å². The molecule has 3 aromatic rings. The Morgan fingerprint density at radius 3 is 2.88 bits per heavy atom. The standard InChI is InChI=1S/C21H21NO2S/c1-25-15-10-11-18-17(12-15)20-16(8-5-9-19(20)22-18)21(23)24-13-14-6-3-2-4-7-14/h2-4,6-7,10-12,16,22H,5,8-9,13H2,1H3. The number of thioether (sulfide) groups is 1. The van der Waals surface area contributed by atoms with Gasteiger partial charge in [0.05, 0.1) is 5.92 Å². The number of aromatic amines is 1. The van der Waals surface area contributed by atoms with E-state index in [0.717, 1.165) is 35.9 Å². The number of aromatic nitrogens is 1. The van der Waals surface area contributed by atoms with Gasteiger partial charge in [0.15, 0.2) is 0 Å². The zero-order chi connectivity index (χ0) is 17.2. The number of hydrogen-bond acceptors (Lipinski definition) is 3. The summed E-state index contributed by atoms with van der Waals surface area (Å²) in [5.74, 6) is -0.279. The third-order valence-electron chi connectivity index (χ3n) is 4.90. The molecule has 0 saturated carbocycles. The molecule has 1 heterocycles. The summed E-state index contributed by atoms with van der Waals surface area (Å²) in [6.45, 7) is 0.337. The van der Waals surface area contributed by atoms with Crippen molar-refractivity contribution in [3.8, 4) is 0 Å². The summed E-state index contributed by atoms with van der Waals surface area (Å²) in [5.41, 5.74) is 4.48. The third kappa shape index (κ3) is 3.19. The van der Waals surface area contributed by atoms with E-state index in [-0.39, 0.29) is 11.9 Å². The van der Waals surface area contributed by atoms with Crippen molar-refractivity contribution in [1.29, 1.82) is 0 Å². The van der Waals surface area contributed by atoms with Crippen molar-refractivity contribution >= 4 is 28.6 Å². The average molecular weight is 351 g/mol. The van der Waals surface area contributed by atoms with Crippen LogP contribution in [0, 0.1) is 0 Å². The number of aryl methyl sites for hydroxylation is 1. The fourth-order valence-corrected chi connectivity index (χ4v) is 4.10. The molecule has 128 valence electrons. The maximum atomic E-state index is 12.8. The summed E-state index contributed by atoms with van der Waals surface area (Å²) < 4.78 is 5.64. The lowest BCUT2D eigenvalue weighted by Crippen LogP contribution is -2.20. The molecule has 0 fully saturated rings. The molecule has 1 aliphatic rings. The lowest BCUT2D eigenvalue weighted by molar-refractivity contribution is -0.147. The van der Waals surface area contributed by atoms with Crippen molar-refractivity contribution in [2.45, 2.75) is 36.7 Å². The predicted octanol–water partition coefficient (Wildman–Crippen LogP) is 5.05. The van der Waals surface area contributed by atoms with Gasteiger partial charge in [0.25, 0.3) is 0 Å². The van der Waals surface area contributed by atoms with Gasteiger partial charge >= 0.3 is 5.97 Å². The molecule has 4 rings (SSSR count). The summed E-state index contributed by atoms with van der Waals surface area (Å²) in [6, 6.07) is 16.3. The minimum atomic E-state index is -0.168. The molecular weight excluding hydrogens is 330 g/mol. The summed E-state index contributed by atoms with van der Waals surface area (Å²) in [5, 5.41) is 1.17. The van der Waals surface area contributed by atoms with Gasteiger partial charge in [-0.3, -0.25) is 4.79 Å². The highest BCUT2D eigenvalue weighted by atomic mass is 32.2. The van der Waals surface area contributed by atoms with Gasteiger partial charge in [-0.15, -0.1) is 11.8 Å². The molecule has 1 atom stereocenters. The van der Waals surface area contributed by atoms with E-state index in [4.69, 9.17) is 4.74 Å². The van der Waals surface area contributed by atoms with Crippen LogP contribution in [0.25, 0.3) is 10.9 Å². The van der Waals surface area contributed by atoms with E-state index >= 15 is 0 Å². The van der Waals surface area contributed by atoms with Gasteiger partial charge in [-0.25, -0.2) is 0 Å². The normalized spacial score (nSPS) is 16.6. The van der Waals surface area contributed by atoms with Crippen molar-refractivity contribution in [2.75, 3.05) is 6.26 Å². The lowest BCUT2D eigenvalue weighted by Gasteiger charge is -2.21. The Balaban J connectivity index is 1.63. The van der Waals surface area contributed by atoms with Gasteiger partial charge in [0.1, 0.15) is 6.61 Å². The van der Waals surface area contributed by atoms with Crippen LogP contribution in [0.1, 0.15) is 35.6 Å². The predicted molar refractivity (Wildman–Crippen MR) is 102 cm³/mol. The fourth-order valence-electron chi connectivity index (χ4n) is 3.66. The van der Waals surface area contributed by atoms with E-state index in [1.807, 2.05) is 30.3 Å². The first-order chi connectivity index (χ1) is 12.3. The van der Waals surface area contributed by atoms with Crippen molar-refractivity contribution in [3.63, 3.8) is 0 Å². The molecule has 2 aromatic carbocycles. The second-order valence-electron chi connectivity index (χ2n) is 6.47. The van der Waals surface area contributed by atoms with Crippen LogP contribution in [-0.2, 0) is 22.6 Å². The summed E-state index contributed by atoms with van der Waals surface area (Å²) in [6.07, 6.45) is 4.95. The number of ether oxygens (including phenoxy) is 1. The molecule has 1 unspecified atom stereocenters. The summed E-state index contributed by atoms with van der Waals surface area (Å²) in [7, 11) is 0. The number of carbonyl (C=O) groups excluding carboxylic acids is 1. The van der Waals surface area contributed by atoms with Crippen LogP contribution in [0.4, 0.5) is 0 Å². The van der Waals surface area contributed by atoms with E-state index in [1.54, 1.807) is 11.8 Å². The van der Waals surface area contributed by atoms with Crippen molar-refractivity contribution in [3.05, 3.63) is 65.4 Å². The zero-order valence-electron chi connectivity index (χ0n) is 14.2. The Morgan fingerprint density at radius 2 is 2.08 bits per heavy atom. The monoisotopic (exact) mass is 351 g/mol. The molecule has 1 aliphatic carbocycles. The first kappa shape index (κ1) is 16.3. The highest BCUT2D eigenvalue weighted by molar-refractivity contribution is 7.98. The number of nitrogens with one attached hydrogen (secondary N) is 1. The molecule has 0 amide bonds. The van der Waals surface area contributed by atoms with Gasteiger partial charge in [-0.05, 0) is 54.8 Å². The molecule has 0 saturated heterocycles. The molecule has 1 aromatic heterocycles. The number of esters is 1. The number of fused-ring (bicyclic) bond motifs is 3. The Hall–Kier alpha value is -2.20. The molecule has 0 radical (unpaired) electrons. The van der Waals surface area contributed by atoms with E-state index in [2.05, 4.69) is 29.4 Å². The Morgan fingerprint density at radius 1 is 1.24 bits per heavy atom. The molecule has 1 N–H and O–H groups in total. The summed E-state index contributed by atoms with van der Waals surface area (Å²) in [4.78, 5) is 17.5. The average Bonchev–Trinajstić information content (AvgIpc) is 3.04. The first-order valence-corrected chi connectivity index (χ1v) is 9.88. The zero-order valence-corrected chi connectivity index (χ0v) is 15.1. The Labute approximate surface area is 151 Å². The number of carbonyl (C=O) groups is 1. The highest BCUT2D eigenvalue weighted by Gasteiger charge is 2.31. The quantitative estimate of drug-likeness (QED) is 0.528. The maximum Gasteiger partial charge on any atom is 0.313 e. The topological polar surface area (TPSA) is 42.1 Å². The third-order valence-corrected chi connectivity index (χ3v) is 5.63. The fraction of sp³-hybridized carbons (Fsp3) is 0.286. The molecule has 0 spiro atoms. The van der Waals surface area contributed by atoms with Crippen LogP contribution in [0.3, 0.4) is 0 Å². The van der Waals surface area contributed by atoms with Gasteiger partial charge < -0.3 is 9.72 Å². The maximum absolute atomic E-state index is 12.8. The molecule has 3 nitrogen and oxygen atoms in total. The first-order valence-electron chi connectivity index (χ1n) is 8.65. The molecular formula is C21H21NO2S. The Kier molecular flexibility index (Phi) is 4.53. The van der Waals surface area contributed by atoms with Gasteiger partial charge in [0, 0.05) is 21.5 Å². The number of rotatable bonds is 4. The van der Waals surface area contributed by atoms with Gasteiger partial charge in [-0.1, -0.05) is 30.3 Å². The second kappa shape index (κ2) is 6.96. The van der Waals surface area contributed by atoms with Crippen molar-refractivity contribution < 1.29 is 9.53 Å². The largest absolute Gasteiger partial charge is 0.460 e. The summed E-state index contributed by atoms with van der Waals surface area (Å²) >= 11 is 1.72. The van der Waals surface area contributed by atoms with Crippen LogP contribution in [0.5, 0.6) is 0 Å². The SMILES string of the molecule is CSc1ccc2[nH]c3c(c2c1)C(C(=O)OCc1ccccc1)CCC3. The molecule has 0 bridgehead atoms. The molecule has 0 aliphatic heterocycles. The highest BCUT2D eigenvalue weighted by Crippen LogP contribution is 2.39. The number of H-pyrrole nitrogens is 1. The van der Waals surface area contributed by atoms with Crippen molar-refractivity contribution in [2.24, 2.45) is 0 Å². The van der Waals surface area contributed by atoms with Crippen LogP contribution in [0.15, 0.2) is 53.4 Å². The van der Waals surface area contributed by atoms with E-state index in [0.29, 0.717) is 6.61 Å². The minimum Gasteiger partial charge on any atom is -0.460 e. The van der Waals surface area contributed by atoms with Crippen molar-refractivity contribution in [1.82, 2.24) is 4.98 Å². The van der Waals surface area contributed by atoms with Crippen LogP contribution < -0.4 is 0 Å². The van der Waals surface area contributed by atoms with Gasteiger partial charge in [-0.2, -0.15) is 0 Å². The number of benzene rings is 2. The number of hydrogen-bond donors (Lipinski definition) is 1. The van der Waals surface area contributed by atoms with E-state index < -0.39 is 0 Å². The van der Waals surface area contributed by atoms with Gasteiger partial charge in [0.2, 0.25) is 0 Å². The smallest absolute Gasteiger partial charge is 0.313 e. The van der Waals surface area contributed by atoms with E-state index in [1.165, 1.54) is 16.0 Å². The molecule has 25 heavy (non-hydrogen) atoms.